The third-order valence-electron chi connectivity index (χ3n) is 4.08. The molecule has 1 amide bonds. The van der Waals surface area contributed by atoms with E-state index >= 15 is 0 Å². The van der Waals surface area contributed by atoms with E-state index in [0.29, 0.717) is 24.6 Å². The SMILES string of the molecule is CCN(Cc1ccccc1)C(=O)c1cnc(Nc2ccc(C)cc2)cn1. The van der Waals surface area contributed by atoms with Gasteiger partial charge >= 0.3 is 0 Å². The highest BCUT2D eigenvalue weighted by molar-refractivity contribution is 5.92. The molecule has 0 bridgehead atoms. The highest BCUT2D eigenvalue weighted by Gasteiger charge is 2.16. The van der Waals surface area contributed by atoms with Gasteiger partial charge in [-0.1, -0.05) is 48.0 Å². The van der Waals surface area contributed by atoms with Gasteiger partial charge in [-0.15, -0.1) is 0 Å². The predicted molar refractivity (Wildman–Crippen MR) is 103 cm³/mol. The van der Waals surface area contributed by atoms with Crippen LogP contribution in [0.15, 0.2) is 67.0 Å². The molecular formula is C21H22N4O. The van der Waals surface area contributed by atoms with E-state index in [2.05, 4.69) is 15.3 Å². The molecule has 0 fully saturated rings. The van der Waals surface area contributed by atoms with Crippen LogP contribution in [0.25, 0.3) is 0 Å². The molecule has 0 unspecified atom stereocenters. The number of carbonyl (C=O) groups is 1. The standard InChI is InChI=1S/C21H22N4O/c1-3-25(15-17-7-5-4-6-8-17)21(26)19-13-23-20(14-22-19)24-18-11-9-16(2)10-12-18/h4-14H,3,15H2,1-2H3,(H,23,24). The monoisotopic (exact) mass is 346 g/mol. The summed E-state index contributed by atoms with van der Waals surface area (Å²) in [4.78, 5) is 23.1. The van der Waals surface area contributed by atoms with E-state index in [-0.39, 0.29) is 5.91 Å². The van der Waals surface area contributed by atoms with Crippen molar-refractivity contribution in [3.05, 3.63) is 83.8 Å². The molecule has 3 aromatic rings. The molecule has 0 saturated carbocycles. The number of aromatic nitrogens is 2. The van der Waals surface area contributed by atoms with Crippen molar-refractivity contribution < 1.29 is 4.79 Å². The highest BCUT2D eigenvalue weighted by atomic mass is 16.2. The van der Waals surface area contributed by atoms with Gasteiger partial charge in [-0.3, -0.25) is 4.79 Å². The van der Waals surface area contributed by atoms with Gasteiger partial charge in [-0.25, -0.2) is 9.97 Å². The topological polar surface area (TPSA) is 58.1 Å². The van der Waals surface area contributed by atoms with Gasteiger partial charge in [-0.05, 0) is 31.5 Å². The maximum atomic E-state index is 12.7. The molecule has 5 heteroatoms. The Morgan fingerprint density at radius 1 is 1.00 bits per heavy atom. The fourth-order valence-corrected chi connectivity index (χ4v) is 2.58. The lowest BCUT2D eigenvalue weighted by molar-refractivity contribution is 0.0746. The van der Waals surface area contributed by atoms with Crippen molar-refractivity contribution in [2.75, 3.05) is 11.9 Å². The summed E-state index contributed by atoms with van der Waals surface area (Å²) in [6, 6.07) is 17.9. The summed E-state index contributed by atoms with van der Waals surface area (Å²) in [6.07, 6.45) is 3.11. The van der Waals surface area contributed by atoms with Gasteiger partial charge in [0.2, 0.25) is 0 Å². The number of benzene rings is 2. The number of hydrogen-bond acceptors (Lipinski definition) is 4. The van der Waals surface area contributed by atoms with E-state index < -0.39 is 0 Å². The molecule has 1 heterocycles. The first-order valence-electron chi connectivity index (χ1n) is 8.64. The Kier molecular flexibility index (Phi) is 5.59. The summed E-state index contributed by atoms with van der Waals surface area (Å²) in [5.41, 5.74) is 3.56. The van der Waals surface area contributed by atoms with Crippen LogP contribution in [0.3, 0.4) is 0 Å². The zero-order chi connectivity index (χ0) is 18.4. The first kappa shape index (κ1) is 17.6. The number of hydrogen-bond donors (Lipinski definition) is 1. The predicted octanol–water partition coefficient (Wildman–Crippen LogP) is 4.19. The number of anilines is 2. The van der Waals surface area contributed by atoms with E-state index in [1.54, 1.807) is 11.1 Å². The van der Waals surface area contributed by atoms with E-state index in [4.69, 9.17) is 0 Å². The van der Waals surface area contributed by atoms with Crippen LogP contribution in [0, 0.1) is 6.92 Å². The van der Waals surface area contributed by atoms with E-state index in [1.165, 1.54) is 11.8 Å². The Labute approximate surface area is 153 Å². The van der Waals surface area contributed by atoms with Gasteiger partial charge < -0.3 is 10.2 Å². The molecule has 0 aliphatic rings. The minimum absolute atomic E-state index is 0.120. The maximum absolute atomic E-state index is 12.7. The van der Waals surface area contributed by atoms with Gasteiger partial charge in [0.1, 0.15) is 11.5 Å². The smallest absolute Gasteiger partial charge is 0.274 e. The van der Waals surface area contributed by atoms with Crippen LogP contribution in [0.4, 0.5) is 11.5 Å². The lowest BCUT2D eigenvalue weighted by atomic mass is 10.2. The molecule has 2 aromatic carbocycles. The normalized spacial score (nSPS) is 10.4. The largest absolute Gasteiger partial charge is 0.339 e. The van der Waals surface area contributed by atoms with Crippen molar-refractivity contribution in [1.82, 2.24) is 14.9 Å². The summed E-state index contributed by atoms with van der Waals surface area (Å²) in [5.74, 6) is 0.488. The summed E-state index contributed by atoms with van der Waals surface area (Å²) in [7, 11) is 0. The van der Waals surface area contributed by atoms with Gasteiger partial charge in [0.25, 0.3) is 5.91 Å². The third-order valence-corrected chi connectivity index (χ3v) is 4.08. The lowest BCUT2D eigenvalue weighted by Gasteiger charge is -2.20. The first-order chi connectivity index (χ1) is 12.7. The number of nitrogens with zero attached hydrogens (tertiary/aromatic N) is 3. The van der Waals surface area contributed by atoms with E-state index in [1.807, 2.05) is 68.4 Å². The highest BCUT2D eigenvalue weighted by Crippen LogP contribution is 2.15. The molecule has 0 atom stereocenters. The molecule has 26 heavy (non-hydrogen) atoms. The molecule has 3 rings (SSSR count). The Balaban J connectivity index is 1.68. The zero-order valence-electron chi connectivity index (χ0n) is 15.0. The van der Waals surface area contributed by atoms with Crippen molar-refractivity contribution in [2.45, 2.75) is 20.4 Å². The summed E-state index contributed by atoms with van der Waals surface area (Å²) >= 11 is 0. The second-order valence-corrected chi connectivity index (χ2v) is 6.08. The molecule has 0 saturated heterocycles. The molecule has 0 radical (unpaired) electrons. The van der Waals surface area contributed by atoms with Crippen molar-refractivity contribution in [3.8, 4) is 0 Å². The number of carbonyl (C=O) groups excluding carboxylic acids is 1. The van der Waals surface area contributed by atoms with Crippen LogP contribution in [0.5, 0.6) is 0 Å². The quantitative estimate of drug-likeness (QED) is 0.727. The van der Waals surface area contributed by atoms with Gasteiger partial charge in [-0.2, -0.15) is 0 Å². The lowest BCUT2D eigenvalue weighted by Crippen LogP contribution is -2.31. The Bertz CT molecular complexity index is 845. The molecular weight excluding hydrogens is 324 g/mol. The average molecular weight is 346 g/mol. The van der Waals surface area contributed by atoms with Gasteiger partial charge in [0, 0.05) is 18.8 Å². The van der Waals surface area contributed by atoms with Crippen molar-refractivity contribution in [2.24, 2.45) is 0 Å². The minimum Gasteiger partial charge on any atom is -0.339 e. The first-order valence-corrected chi connectivity index (χ1v) is 8.64. The van der Waals surface area contributed by atoms with Crippen LogP contribution in [-0.4, -0.2) is 27.3 Å². The molecule has 1 aromatic heterocycles. The van der Waals surface area contributed by atoms with Crippen molar-refractivity contribution >= 4 is 17.4 Å². The van der Waals surface area contributed by atoms with Crippen molar-refractivity contribution in [1.29, 1.82) is 0 Å². The Hall–Kier alpha value is -3.21. The van der Waals surface area contributed by atoms with Gasteiger partial charge in [0.05, 0.1) is 12.4 Å². The summed E-state index contributed by atoms with van der Waals surface area (Å²) < 4.78 is 0. The van der Waals surface area contributed by atoms with Crippen LogP contribution >= 0.6 is 0 Å². The molecule has 0 spiro atoms. The number of aryl methyl sites for hydroxylation is 1. The van der Waals surface area contributed by atoms with Crippen molar-refractivity contribution in [3.63, 3.8) is 0 Å². The summed E-state index contributed by atoms with van der Waals surface area (Å²) in [5, 5.41) is 3.18. The number of rotatable bonds is 6. The Morgan fingerprint density at radius 3 is 2.35 bits per heavy atom. The molecule has 5 nitrogen and oxygen atoms in total. The fraction of sp³-hybridized carbons (Fsp3) is 0.190. The minimum atomic E-state index is -0.120. The van der Waals surface area contributed by atoms with E-state index in [0.717, 1.165) is 11.3 Å². The number of amides is 1. The van der Waals surface area contributed by atoms with Crippen LogP contribution in [0.2, 0.25) is 0 Å². The molecule has 0 aliphatic heterocycles. The number of nitrogens with one attached hydrogen (secondary N) is 1. The third kappa shape index (κ3) is 4.45. The second kappa shape index (κ2) is 8.25. The van der Waals surface area contributed by atoms with Crippen LogP contribution < -0.4 is 5.32 Å². The maximum Gasteiger partial charge on any atom is 0.274 e. The Morgan fingerprint density at radius 2 is 1.73 bits per heavy atom. The van der Waals surface area contributed by atoms with Crippen LogP contribution in [0.1, 0.15) is 28.5 Å². The average Bonchev–Trinajstić information content (AvgIpc) is 2.69. The van der Waals surface area contributed by atoms with Gasteiger partial charge in [0.15, 0.2) is 0 Å². The van der Waals surface area contributed by atoms with Crippen LogP contribution in [-0.2, 0) is 6.54 Å². The molecule has 0 aliphatic carbocycles. The fourth-order valence-electron chi connectivity index (χ4n) is 2.58. The zero-order valence-corrected chi connectivity index (χ0v) is 15.0. The van der Waals surface area contributed by atoms with E-state index in [9.17, 15) is 4.79 Å². The molecule has 1 N–H and O–H groups in total. The second-order valence-electron chi connectivity index (χ2n) is 6.08. The summed E-state index contributed by atoms with van der Waals surface area (Å²) in [6.45, 7) is 5.17. The molecule has 132 valence electrons.